The van der Waals surface area contributed by atoms with Crippen molar-refractivity contribution in [3.63, 3.8) is 0 Å². The van der Waals surface area contributed by atoms with E-state index in [1.54, 1.807) is 12.1 Å². The smallest absolute Gasteiger partial charge is 0.255 e. The second kappa shape index (κ2) is 7.04. The van der Waals surface area contributed by atoms with Gasteiger partial charge >= 0.3 is 0 Å². The Morgan fingerprint density at radius 1 is 1.00 bits per heavy atom. The highest BCUT2D eigenvalue weighted by Crippen LogP contribution is 2.24. The minimum atomic E-state index is -4.34. The molecule has 1 aliphatic rings. The number of sulfonamides is 1. The normalized spacial score (nSPS) is 15.9. The number of hydrogen-bond donors (Lipinski definition) is 0. The molecule has 138 valence electrons. The molecule has 1 aromatic heterocycles. The SMILES string of the molecule is O=C(c1cccnc1)N1CCN(S(=O)(=O)c2ccc(F)c(F)c2F)CC1. The maximum Gasteiger partial charge on any atom is 0.255 e. The van der Waals surface area contributed by atoms with Gasteiger partial charge < -0.3 is 4.90 Å². The van der Waals surface area contributed by atoms with Gasteiger partial charge in [-0.25, -0.2) is 21.6 Å². The molecule has 1 aliphatic heterocycles. The number of aromatic nitrogens is 1. The fraction of sp³-hybridized carbons (Fsp3) is 0.250. The van der Waals surface area contributed by atoms with Crippen LogP contribution in [0.2, 0.25) is 0 Å². The van der Waals surface area contributed by atoms with E-state index in [4.69, 9.17) is 0 Å². The van der Waals surface area contributed by atoms with Crippen LogP contribution in [-0.4, -0.2) is 54.7 Å². The van der Waals surface area contributed by atoms with Crippen LogP contribution < -0.4 is 0 Å². The topological polar surface area (TPSA) is 70.6 Å². The highest BCUT2D eigenvalue weighted by molar-refractivity contribution is 7.89. The summed E-state index contributed by atoms with van der Waals surface area (Å²) in [5.74, 6) is -5.35. The van der Waals surface area contributed by atoms with Crippen molar-refractivity contribution >= 4 is 15.9 Å². The van der Waals surface area contributed by atoms with Gasteiger partial charge in [0, 0.05) is 38.6 Å². The number of benzene rings is 1. The molecule has 1 aromatic carbocycles. The molecule has 0 saturated carbocycles. The summed E-state index contributed by atoms with van der Waals surface area (Å²) in [6, 6.07) is 4.46. The van der Waals surface area contributed by atoms with Crippen LogP contribution in [0.1, 0.15) is 10.4 Å². The highest BCUT2D eigenvalue weighted by Gasteiger charge is 2.33. The summed E-state index contributed by atoms with van der Waals surface area (Å²) in [7, 11) is -4.34. The van der Waals surface area contributed by atoms with Crippen LogP contribution in [-0.2, 0) is 10.0 Å². The van der Waals surface area contributed by atoms with E-state index in [1.165, 1.54) is 17.3 Å². The van der Waals surface area contributed by atoms with Gasteiger partial charge in [-0.1, -0.05) is 0 Å². The Morgan fingerprint density at radius 2 is 1.69 bits per heavy atom. The Hall–Kier alpha value is -2.46. The molecule has 26 heavy (non-hydrogen) atoms. The van der Waals surface area contributed by atoms with Crippen LogP contribution in [0.4, 0.5) is 13.2 Å². The summed E-state index contributed by atoms with van der Waals surface area (Å²) in [6.45, 7) is -0.0178. The third kappa shape index (κ3) is 3.29. The average molecular weight is 385 g/mol. The van der Waals surface area contributed by atoms with Crippen LogP contribution in [0.5, 0.6) is 0 Å². The number of halogens is 3. The maximum absolute atomic E-state index is 13.8. The first-order chi connectivity index (χ1) is 12.3. The molecule has 0 spiro atoms. The molecule has 3 rings (SSSR count). The van der Waals surface area contributed by atoms with Gasteiger partial charge in [0.15, 0.2) is 17.5 Å². The van der Waals surface area contributed by atoms with E-state index in [1.807, 2.05) is 0 Å². The molecule has 10 heteroatoms. The van der Waals surface area contributed by atoms with Crippen molar-refractivity contribution in [1.82, 2.24) is 14.2 Å². The molecule has 0 radical (unpaired) electrons. The Labute approximate surface area is 147 Å². The molecule has 0 N–H and O–H groups in total. The second-order valence-electron chi connectivity index (χ2n) is 5.61. The highest BCUT2D eigenvalue weighted by atomic mass is 32.2. The zero-order valence-corrected chi connectivity index (χ0v) is 14.2. The van der Waals surface area contributed by atoms with Gasteiger partial charge in [0.25, 0.3) is 5.91 Å². The fourth-order valence-corrected chi connectivity index (χ4v) is 4.13. The number of hydrogen-bond acceptors (Lipinski definition) is 4. The molecule has 1 saturated heterocycles. The first kappa shape index (κ1) is 18.3. The van der Waals surface area contributed by atoms with Gasteiger partial charge in [-0.15, -0.1) is 0 Å². The molecular weight excluding hydrogens is 371 g/mol. The number of piperazine rings is 1. The summed E-state index contributed by atoms with van der Waals surface area (Å²) < 4.78 is 66.2. The lowest BCUT2D eigenvalue weighted by atomic mass is 10.2. The van der Waals surface area contributed by atoms with Gasteiger partial charge in [0.05, 0.1) is 5.56 Å². The Kier molecular flexibility index (Phi) is 4.97. The van der Waals surface area contributed by atoms with Gasteiger partial charge in [-0.05, 0) is 24.3 Å². The lowest BCUT2D eigenvalue weighted by Gasteiger charge is -2.34. The Balaban J connectivity index is 1.75. The molecule has 0 bridgehead atoms. The summed E-state index contributed by atoms with van der Waals surface area (Å²) >= 11 is 0. The zero-order chi connectivity index (χ0) is 18.9. The van der Waals surface area contributed by atoms with Crippen molar-refractivity contribution in [2.24, 2.45) is 0 Å². The van der Waals surface area contributed by atoms with E-state index < -0.39 is 32.4 Å². The van der Waals surface area contributed by atoms with Gasteiger partial charge in [-0.2, -0.15) is 4.31 Å². The molecule has 0 unspecified atom stereocenters. The number of pyridine rings is 1. The van der Waals surface area contributed by atoms with E-state index in [9.17, 15) is 26.4 Å². The zero-order valence-electron chi connectivity index (χ0n) is 13.4. The van der Waals surface area contributed by atoms with Crippen molar-refractivity contribution in [3.05, 3.63) is 59.7 Å². The number of nitrogens with zero attached hydrogens (tertiary/aromatic N) is 3. The van der Waals surface area contributed by atoms with Crippen molar-refractivity contribution in [3.8, 4) is 0 Å². The summed E-state index contributed by atoms with van der Waals surface area (Å²) in [5.41, 5.74) is 0.371. The van der Waals surface area contributed by atoms with E-state index in [2.05, 4.69) is 4.98 Å². The number of rotatable bonds is 3. The maximum atomic E-state index is 13.8. The van der Waals surface area contributed by atoms with Gasteiger partial charge in [0.1, 0.15) is 4.90 Å². The molecular formula is C16H14F3N3O3S. The van der Waals surface area contributed by atoms with Gasteiger partial charge in [0.2, 0.25) is 10.0 Å². The second-order valence-corrected chi connectivity index (χ2v) is 7.52. The standard InChI is InChI=1S/C16H14F3N3O3S/c17-12-3-4-13(15(19)14(12)18)26(24,25)22-8-6-21(7-9-22)16(23)11-2-1-5-20-10-11/h1-5,10H,6-9H2. The molecule has 1 amide bonds. The molecule has 1 fully saturated rings. The fourth-order valence-electron chi connectivity index (χ4n) is 2.65. The monoisotopic (exact) mass is 385 g/mol. The lowest BCUT2D eigenvalue weighted by Crippen LogP contribution is -2.50. The molecule has 2 aromatic rings. The number of carbonyl (C=O) groups is 1. The van der Waals surface area contributed by atoms with E-state index in [0.29, 0.717) is 17.7 Å². The quantitative estimate of drug-likeness (QED) is 0.754. The largest absolute Gasteiger partial charge is 0.336 e. The number of carbonyl (C=O) groups excluding carboxylic acids is 1. The summed E-state index contributed by atoms with van der Waals surface area (Å²) in [6.07, 6.45) is 2.93. The van der Waals surface area contributed by atoms with Crippen LogP contribution in [0, 0.1) is 17.5 Å². The minimum absolute atomic E-state index is 0.0816. The van der Waals surface area contributed by atoms with E-state index in [-0.39, 0.29) is 32.1 Å². The third-order valence-corrected chi connectivity index (χ3v) is 5.97. The minimum Gasteiger partial charge on any atom is -0.336 e. The van der Waals surface area contributed by atoms with Crippen LogP contribution in [0.15, 0.2) is 41.6 Å². The predicted octanol–water partition coefficient (Wildman–Crippen LogP) is 1.65. The molecule has 0 atom stereocenters. The van der Waals surface area contributed by atoms with Crippen molar-refractivity contribution in [2.75, 3.05) is 26.2 Å². The van der Waals surface area contributed by atoms with Crippen LogP contribution in [0.3, 0.4) is 0 Å². The molecule has 0 aliphatic carbocycles. The summed E-state index contributed by atoms with van der Waals surface area (Å²) in [5, 5.41) is 0. The first-order valence-electron chi connectivity index (χ1n) is 7.65. The van der Waals surface area contributed by atoms with Crippen molar-refractivity contribution in [1.29, 1.82) is 0 Å². The number of amides is 1. The van der Waals surface area contributed by atoms with Gasteiger partial charge in [-0.3, -0.25) is 9.78 Å². The van der Waals surface area contributed by atoms with Crippen molar-refractivity contribution in [2.45, 2.75) is 4.90 Å². The molecule has 2 heterocycles. The summed E-state index contributed by atoms with van der Waals surface area (Å²) in [4.78, 5) is 16.7. The first-order valence-corrected chi connectivity index (χ1v) is 9.09. The Bertz CT molecular complexity index is 931. The van der Waals surface area contributed by atoms with Crippen molar-refractivity contribution < 1.29 is 26.4 Å². The molecule has 6 nitrogen and oxygen atoms in total. The Morgan fingerprint density at radius 3 is 2.31 bits per heavy atom. The predicted molar refractivity (Wildman–Crippen MR) is 85.2 cm³/mol. The van der Waals surface area contributed by atoms with E-state index >= 15 is 0 Å². The average Bonchev–Trinajstić information content (AvgIpc) is 2.66. The van der Waals surface area contributed by atoms with E-state index in [0.717, 1.165) is 4.31 Å². The van der Waals surface area contributed by atoms with Crippen LogP contribution in [0.25, 0.3) is 0 Å². The lowest BCUT2D eigenvalue weighted by molar-refractivity contribution is 0.0697. The van der Waals surface area contributed by atoms with Crippen LogP contribution >= 0.6 is 0 Å². The third-order valence-electron chi connectivity index (χ3n) is 4.05.